The summed E-state index contributed by atoms with van der Waals surface area (Å²) in [6.07, 6.45) is 2.05. The fraction of sp³-hybridized carbons (Fsp3) is 0.500. The number of hydrogen-bond acceptors (Lipinski definition) is 3. The minimum atomic E-state index is -2.79. The largest absolute Gasteiger partial charge is 0.435 e. The van der Waals surface area contributed by atoms with Crippen LogP contribution in [0.2, 0.25) is 0 Å². The molecule has 0 aliphatic carbocycles. The Balaban J connectivity index is 2.54. The quantitative estimate of drug-likeness (QED) is 0.476. The summed E-state index contributed by atoms with van der Waals surface area (Å²) in [5, 5.41) is 3.26. The maximum Gasteiger partial charge on any atom is 0.387 e. The van der Waals surface area contributed by atoms with Gasteiger partial charge in [0.05, 0.1) is 0 Å². The van der Waals surface area contributed by atoms with Gasteiger partial charge in [-0.25, -0.2) is 0 Å². The van der Waals surface area contributed by atoms with Crippen LogP contribution in [0.5, 0.6) is 5.75 Å². The molecule has 118 valence electrons. The van der Waals surface area contributed by atoms with E-state index in [1.165, 1.54) is 0 Å². The van der Waals surface area contributed by atoms with E-state index in [-0.39, 0.29) is 5.75 Å². The lowest BCUT2D eigenvalue weighted by Crippen LogP contribution is -2.39. The molecule has 4 nitrogen and oxygen atoms in total. The van der Waals surface area contributed by atoms with Crippen molar-refractivity contribution in [3.05, 3.63) is 29.8 Å². The predicted octanol–water partition coefficient (Wildman–Crippen LogP) is 2.66. The van der Waals surface area contributed by atoms with Crippen molar-refractivity contribution in [1.29, 1.82) is 0 Å². The molecule has 0 heterocycles. The van der Waals surface area contributed by atoms with E-state index in [0.717, 1.165) is 23.8 Å². The summed E-state index contributed by atoms with van der Waals surface area (Å²) in [5.74, 6) is 1.97. The summed E-state index contributed by atoms with van der Waals surface area (Å²) >= 11 is 1.76. The molecule has 0 bridgehead atoms. The van der Waals surface area contributed by atoms with E-state index in [1.807, 2.05) is 11.9 Å². The molecular weight excluding hydrogens is 296 g/mol. The van der Waals surface area contributed by atoms with Gasteiger partial charge < -0.3 is 15.0 Å². The van der Waals surface area contributed by atoms with Gasteiger partial charge in [0.25, 0.3) is 0 Å². The van der Waals surface area contributed by atoms with E-state index >= 15 is 0 Å². The summed E-state index contributed by atoms with van der Waals surface area (Å²) in [6.45, 7) is -1.31. The van der Waals surface area contributed by atoms with Crippen LogP contribution in [0.15, 0.2) is 29.3 Å². The van der Waals surface area contributed by atoms with Crippen LogP contribution in [-0.2, 0) is 6.54 Å². The van der Waals surface area contributed by atoms with Crippen LogP contribution in [0.4, 0.5) is 8.78 Å². The molecule has 1 aromatic carbocycles. The number of nitrogens with one attached hydrogen (secondary N) is 1. The van der Waals surface area contributed by atoms with Crippen molar-refractivity contribution in [2.75, 3.05) is 32.6 Å². The Bertz CT molecular complexity index is 440. The average Bonchev–Trinajstić information content (AvgIpc) is 2.45. The molecule has 1 N–H and O–H groups in total. The topological polar surface area (TPSA) is 36.9 Å². The van der Waals surface area contributed by atoms with Crippen LogP contribution in [-0.4, -0.2) is 50.1 Å². The van der Waals surface area contributed by atoms with E-state index in [4.69, 9.17) is 0 Å². The molecule has 0 amide bonds. The second kappa shape index (κ2) is 9.44. The number of hydrogen-bond donors (Lipinski definition) is 1. The summed E-state index contributed by atoms with van der Waals surface area (Å²) in [4.78, 5) is 6.19. The highest BCUT2D eigenvalue weighted by Crippen LogP contribution is 2.15. The van der Waals surface area contributed by atoms with Crippen LogP contribution in [0.1, 0.15) is 5.56 Å². The second-order valence-corrected chi connectivity index (χ2v) is 5.33. The fourth-order valence-corrected chi connectivity index (χ4v) is 2.08. The Hall–Kier alpha value is -1.50. The van der Waals surface area contributed by atoms with Crippen LogP contribution >= 0.6 is 11.8 Å². The third-order valence-corrected chi connectivity index (χ3v) is 3.34. The molecule has 0 radical (unpaired) electrons. The van der Waals surface area contributed by atoms with E-state index in [1.54, 1.807) is 43.1 Å². The first-order valence-corrected chi connectivity index (χ1v) is 7.90. The number of rotatable bonds is 7. The number of guanidine groups is 1. The lowest BCUT2D eigenvalue weighted by atomic mass is 10.2. The lowest BCUT2D eigenvalue weighted by molar-refractivity contribution is -0.0498. The van der Waals surface area contributed by atoms with Crippen molar-refractivity contribution in [3.63, 3.8) is 0 Å². The van der Waals surface area contributed by atoms with E-state index in [2.05, 4.69) is 21.3 Å². The van der Waals surface area contributed by atoms with Crippen molar-refractivity contribution >= 4 is 17.7 Å². The molecular formula is C14H21F2N3OS. The zero-order chi connectivity index (χ0) is 15.7. The Morgan fingerprint density at radius 1 is 1.38 bits per heavy atom. The molecule has 0 aromatic heterocycles. The monoisotopic (exact) mass is 317 g/mol. The lowest BCUT2D eigenvalue weighted by Gasteiger charge is -2.22. The Morgan fingerprint density at radius 3 is 2.57 bits per heavy atom. The third-order valence-electron chi connectivity index (χ3n) is 2.73. The van der Waals surface area contributed by atoms with E-state index in [0.29, 0.717) is 6.54 Å². The van der Waals surface area contributed by atoms with Crippen molar-refractivity contribution in [2.45, 2.75) is 13.2 Å². The fourth-order valence-electron chi connectivity index (χ4n) is 1.77. The molecule has 21 heavy (non-hydrogen) atoms. The number of nitrogens with zero attached hydrogens (tertiary/aromatic N) is 2. The van der Waals surface area contributed by atoms with Crippen LogP contribution in [0.25, 0.3) is 0 Å². The van der Waals surface area contributed by atoms with Gasteiger partial charge in [0.1, 0.15) is 5.75 Å². The number of alkyl halides is 2. The van der Waals surface area contributed by atoms with Crippen LogP contribution in [0.3, 0.4) is 0 Å². The maximum absolute atomic E-state index is 12.1. The van der Waals surface area contributed by atoms with Gasteiger partial charge in [0.2, 0.25) is 0 Å². The average molecular weight is 317 g/mol. The highest BCUT2D eigenvalue weighted by atomic mass is 32.2. The first-order valence-electron chi connectivity index (χ1n) is 6.51. The smallest absolute Gasteiger partial charge is 0.387 e. The molecule has 0 atom stereocenters. The first-order chi connectivity index (χ1) is 10.1. The molecule has 1 aromatic rings. The van der Waals surface area contributed by atoms with E-state index in [9.17, 15) is 8.78 Å². The number of benzene rings is 1. The molecule has 0 spiro atoms. The molecule has 0 aliphatic rings. The first kappa shape index (κ1) is 17.6. The summed E-state index contributed by atoms with van der Waals surface area (Å²) < 4.78 is 28.5. The van der Waals surface area contributed by atoms with Crippen molar-refractivity contribution in [1.82, 2.24) is 10.2 Å². The van der Waals surface area contributed by atoms with Crippen LogP contribution < -0.4 is 10.1 Å². The van der Waals surface area contributed by atoms with Gasteiger partial charge in [-0.3, -0.25) is 4.99 Å². The third kappa shape index (κ3) is 6.66. The highest BCUT2D eigenvalue weighted by molar-refractivity contribution is 7.98. The number of halogens is 2. The molecule has 0 unspecified atom stereocenters. The maximum atomic E-state index is 12.1. The Morgan fingerprint density at radius 2 is 2.05 bits per heavy atom. The van der Waals surface area contributed by atoms with Gasteiger partial charge in [-0.1, -0.05) is 12.1 Å². The Labute approximate surface area is 128 Å². The van der Waals surface area contributed by atoms with Crippen LogP contribution in [0, 0.1) is 0 Å². The van der Waals surface area contributed by atoms with Crippen molar-refractivity contribution < 1.29 is 13.5 Å². The van der Waals surface area contributed by atoms with Gasteiger partial charge in [-0.15, -0.1) is 0 Å². The molecule has 0 saturated heterocycles. The molecule has 0 aliphatic heterocycles. The minimum absolute atomic E-state index is 0.166. The van der Waals surface area contributed by atoms with Gasteiger partial charge >= 0.3 is 6.61 Å². The summed E-state index contributed by atoms with van der Waals surface area (Å²) in [5.41, 5.74) is 0.993. The molecule has 7 heteroatoms. The minimum Gasteiger partial charge on any atom is -0.435 e. The highest BCUT2D eigenvalue weighted by Gasteiger charge is 2.07. The predicted molar refractivity (Wildman–Crippen MR) is 84.3 cm³/mol. The number of ether oxygens (including phenoxy) is 1. The van der Waals surface area contributed by atoms with Crippen molar-refractivity contribution in [3.8, 4) is 5.75 Å². The molecule has 0 fully saturated rings. The molecule has 0 saturated carbocycles. The number of aliphatic imine (C=N–C) groups is 1. The van der Waals surface area contributed by atoms with Gasteiger partial charge in [-0.05, 0) is 24.0 Å². The number of thioether (sulfide) groups is 1. The van der Waals surface area contributed by atoms with Gasteiger partial charge in [0, 0.05) is 32.9 Å². The van der Waals surface area contributed by atoms with Gasteiger partial charge in [0.15, 0.2) is 5.96 Å². The zero-order valence-electron chi connectivity index (χ0n) is 12.5. The molecule has 1 rings (SSSR count). The van der Waals surface area contributed by atoms with Crippen molar-refractivity contribution in [2.24, 2.45) is 4.99 Å². The standard InChI is InChI=1S/C14H21F2N3OS/c1-17-14(18-8-9-21-3)19(2)10-11-4-6-12(7-5-11)20-13(15)16/h4-7,13H,8-10H2,1-3H3,(H,17,18). The van der Waals surface area contributed by atoms with Gasteiger partial charge in [-0.2, -0.15) is 20.5 Å². The zero-order valence-corrected chi connectivity index (χ0v) is 13.3. The van der Waals surface area contributed by atoms with E-state index < -0.39 is 6.61 Å². The normalized spacial score (nSPS) is 11.6. The second-order valence-electron chi connectivity index (χ2n) is 4.35. The SMILES string of the molecule is CN=C(NCCSC)N(C)Cc1ccc(OC(F)F)cc1. The summed E-state index contributed by atoms with van der Waals surface area (Å²) in [7, 11) is 3.66. The Kier molecular flexibility index (Phi) is 7.89. The summed E-state index contributed by atoms with van der Waals surface area (Å²) in [6, 6.07) is 6.62.